The number of carbonyl (C=O) groups is 1. The zero-order valence-corrected chi connectivity index (χ0v) is 16.7. The highest BCUT2D eigenvalue weighted by Crippen LogP contribution is 2.29. The first-order chi connectivity index (χ1) is 12.1. The summed E-state index contributed by atoms with van der Waals surface area (Å²) in [6.45, 7) is 0. The van der Waals surface area contributed by atoms with E-state index in [-0.39, 0.29) is 10.9 Å². The van der Waals surface area contributed by atoms with E-state index in [2.05, 4.69) is 16.0 Å². The van der Waals surface area contributed by atoms with Crippen LogP contribution in [0.4, 0.5) is 10.1 Å². The van der Waals surface area contributed by atoms with Crippen molar-refractivity contribution in [3.8, 4) is 0 Å². The van der Waals surface area contributed by atoms with Crippen LogP contribution in [0.5, 0.6) is 0 Å². The summed E-state index contributed by atoms with van der Waals surface area (Å²) in [6.07, 6.45) is -1.13. The molecule has 1 atom stereocenters. The van der Waals surface area contributed by atoms with Gasteiger partial charge in [-0.3, -0.25) is 4.79 Å². The number of carbonyl (C=O) groups excluding carboxylic acids is 1. The Morgan fingerprint density at radius 1 is 1.00 bits per heavy atom. The summed E-state index contributed by atoms with van der Waals surface area (Å²) in [7, 11) is 0. The molecule has 1 unspecified atom stereocenters. The fourth-order valence-electron chi connectivity index (χ4n) is 1.85. The molecule has 2 rings (SSSR count). The maximum absolute atomic E-state index is 12.9. The molecule has 1 amide bonds. The first-order valence-electron chi connectivity index (χ1n) is 7.11. The van der Waals surface area contributed by atoms with Crippen LogP contribution in [0.3, 0.4) is 0 Å². The van der Waals surface area contributed by atoms with Gasteiger partial charge in [0.2, 0.25) is 3.79 Å². The first-order valence-corrected chi connectivity index (χ1v) is 9.03. The molecule has 4 nitrogen and oxygen atoms in total. The summed E-state index contributed by atoms with van der Waals surface area (Å²) >= 11 is 28.7. The lowest BCUT2D eigenvalue weighted by molar-refractivity contribution is 0.0934. The predicted octanol–water partition coefficient (Wildman–Crippen LogP) is 4.89. The number of hydrogen-bond donors (Lipinski definition) is 3. The van der Waals surface area contributed by atoms with E-state index in [0.717, 1.165) is 0 Å². The Kier molecular flexibility index (Phi) is 7.32. The van der Waals surface area contributed by atoms with E-state index in [0.29, 0.717) is 16.3 Å². The van der Waals surface area contributed by atoms with Gasteiger partial charge in [-0.2, -0.15) is 0 Å². The zero-order valence-electron chi connectivity index (χ0n) is 12.9. The van der Waals surface area contributed by atoms with Gasteiger partial charge in [0.15, 0.2) is 5.11 Å². The molecule has 0 radical (unpaired) electrons. The number of rotatable bonds is 4. The van der Waals surface area contributed by atoms with Crippen LogP contribution in [-0.2, 0) is 0 Å². The van der Waals surface area contributed by atoms with Gasteiger partial charge in [0, 0.05) is 16.3 Å². The van der Waals surface area contributed by atoms with Gasteiger partial charge in [-0.1, -0.05) is 46.4 Å². The Morgan fingerprint density at radius 2 is 1.58 bits per heavy atom. The van der Waals surface area contributed by atoms with Gasteiger partial charge in [0.05, 0.1) is 0 Å². The minimum absolute atomic E-state index is 0.0735. The van der Waals surface area contributed by atoms with Gasteiger partial charge in [-0.25, -0.2) is 4.39 Å². The molecule has 0 aliphatic heterocycles. The van der Waals surface area contributed by atoms with Crippen molar-refractivity contribution >= 4 is 75.3 Å². The van der Waals surface area contributed by atoms with Crippen LogP contribution >= 0.6 is 58.6 Å². The minimum Gasteiger partial charge on any atom is -0.339 e. The van der Waals surface area contributed by atoms with Gasteiger partial charge >= 0.3 is 0 Å². The molecular formula is C16H12Cl4FN3OS. The van der Waals surface area contributed by atoms with E-state index in [1.165, 1.54) is 36.4 Å². The van der Waals surface area contributed by atoms with Gasteiger partial charge in [-0.15, -0.1) is 0 Å². The maximum Gasteiger partial charge on any atom is 0.252 e. The Bertz CT molecular complexity index is 782. The number of alkyl halides is 3. The third-order valence-electron chi connectivity index (χ3n) is 3.09. The van der Waals surface area contributed by atoms with Gasteiger partial charge in [0.1, 0.15) is 12.0 Å². The molecule has 0 aromatic heterocycles. The molecule has 0 bridgehead atoms. The number of amides is 1. The van der Waals surface area contributed by atoms with Crippen molar-refractivity contribution in [2.45, 2.75) is 9.96 Å². The molecule has 0 spiro atoms. The average molecular weight is 455 g/mol. The summed E-state index contributed by atoms with van der Waals surface area (Å²) in [5, 5.41) is 8.61. The second-order valence-corrected chi connectivity index (χ2v) is 8.27. The van der Waals surface area contributed by atoms with E-state index >= 15 is 0 Å². The van der Waals surface area contributed by atoms with E-state index < -0.39 is 15.9 Å². The molecule has 26 heavy (non-hydrogen) atoms. The molecule has 0 fully saturated rings. The van der Waals surface area contributed by atoms with Crippen molar-refractivity contribution in [1.82, 2.24) is 10.6 Å². The predicted molar refractivity (Wildman–Crippen MR) is 109 cm³/mol. The highest BCUT2D eigenvalue weighted by atomic mass is 35.6. The second-order valence-electron chi connectivity index (χ2n) is 5.06. The molecule has 0 aliphatic rings. The summed E-state index contributed by atoms with van der Waals surface area (Å²) in [5.74, 6) is -0.876. The third-order valence-corrected chi connectivity index (χ3v) is 4.21. The summed E-state index contributed by atoms with van der Waals surface area (Å²) in [5.41, 5.74) is 0.851. The monoisotopic (exact) mass is 453 g/mol. The lowest BCUT2D eigenvalue weighted by Crippen LogP contribution is -2.56. The molecule has 10 heteroatoms. The minimum atomic E-state index is -1.89. The molecule has 0 aliphatic carbocycles. The Morgan fingerprint density at radius 3 is 2.12 bits per heavy atom. The molecule has 0 saturated heterocycles. The van der Waals surface area contributed by atoms with E-state index in [9.17, 15) is 9.18 Å². The Hall–Kier alpha value is -1.31. The number of nitrogens with one attached hydrogen (secondary N) is 3. The Balaban J connectivity index is 2.04. The van der Waals surface area contributed by atoms with Crippen molar-refractivity contribution in [3.05, 3.63) is 64.9 Å². The summed E-state index contributed by atoms with van der Waals surface area (Å²) in [6, 6.07) is 11.7. The molecule has 3 N–H and O–H groups in total. The van der Waals surface area contributed by atoms with Gasteiger partial charge in [0.25, 0.3) is 5.91 Å². The van der Waals surface area contributed by atoms with Crippen molar-refractivity contribution in [2.24, 2.45) is 0 Å². The van der Waals surface area contributed by atoms with Gasteiger partial charge < -0.3 is 16.0 Å². The largest absolute Gasteiger partial charge is 0.339 e. The van der Waals surface area contributed by atoms with E-state index in [4.69, 9.17) is 58.6 Å². The normalized spacial score (nSPS) is 12.2. The van der Waals surface area contributed by atoms with Crippen LogP contribution in [0.2, 0.25) is 5.02 Å². The van der Waals surface area contributed by atoms with E-state index in [1.54, 1.807) is 12.1 Å². The van der Waals surface area contributed by atoms with Gasteiger partial charge in [-0.05, 0) is 60.7 Å². The number of anilines is 1. The number of benzene rings is 2. The fourth-order valence-corrected chi connectivity index (χ4v) is 2.54. The van der Waals surface area contributed by atoms with Crippen molar-refractivity contribution < 1.29 is 9.18 Å². The third kappa shape index (κ3) is 6.45. The standard InChI is InChI=1S/C16H12Cl4FN3OS/c17-10-3-1-9(2-4-10)13(25)23-14(16(18,19)20)24-15(26)22-12-7-5-11(21)6-8-12/h1-8,14H,(H,23,25)(H2,22,24,26). The first kappa shape index (κ1) is 21.0. The van der Waals surface area contributed by atoms with Crippen molar-refractivity contribution in [1.29, 1.82) is 0 Å². The van der Waals surface area contributed by atoms with Crippen molar-refractivity contribution in [3.63, 3.8) is 0 Å². The van der Waals surface area contributed by atoms with Crippen LogP contribution in [-0.4, -0.2) is 21.0 Å². The highest BCUT2D eigenvalue weighted by molar-refractivity contribution is 7.80. The maximum atomic E-state index is 12.9. The SMILES string of the molecule is O=C(NC(NC(=S)Nc1ccc(F)cc1)C(Cl)(Cl)Cl)c1ccc(Cl)cc1. The Labute approximate surface area is 174 Å². The zero-order chi connectivity index (χ0) is 19.3. The lowest BCUT2D eigenvalue weighted by atomic mass is 10.2. The number of halogens is 5. The molecule has 0 heterocycles. The van der Waals surface area contributed by atoms with Crippen LogP contribution in [0, 0.1) is 5.82 Å². The van der Waals surface area contributed by atoms with E-state index in [1.807, 2.05) is 0 Å². The van der Waals surface area contributed by atoms with Crippen LogP contribution in [0.1, 0.15) is 10.4 Å². The number of thiocarbonyl (C=S) groups is 1. The van der Waals surface area contributed by atoms with Crippen molar-refractivity contribution in [2.75, 3.05) is 5.32 Å². The highest BCUT2D eigenvalue weighted by Gasteiger charge is 2.34. The second kappa shape index (κ2) is 9.06. The van der Waals surface area contributed by atoms with Crippen LogP contribution < -0.4 is 16.0 Å². The topological polar surface area (TPSA) is 53.2 Å². The fraction of sp³-hybridized carbons (Fsp3) is 0.125. The quantitative estimate of drug-likeness (QED) is 0.349. The molecular weight excluding hydrogens is 443 g/mol. The molecule has 138 valence electrons. The average Bonchev–Trinajstić information content (AvgIpc) is 2.56. The summed E-state index contributed by atoms with van der Waals surface area (Å²) in [4.78, 5) is 12.3. The summed E-state index contributed by atoms with van der Waals surface area (Å²) < 4.78 is 11.0. The van der Waals surface area contributed by atoms with Crippen LogP contribution in [0.15, 0.2) is 48.5 Å². The molecule has 2 aromatic carbocycles. The smallest absolute Gasteiger partial charge is 0.252 e. The van der Waals surface area contributed by atoms with Crippen LogP contribution in [0.25, 0.3) is 0 Å². The lowest BCUT2D eigenvalue weighted by Gasteiger charge is -2.27. The molecule has 2 aromatic rings. The number of hydrogen-bond acceptors (Lipinski definition) is 2. The molecule has 0 saturated carbocycles.